The molecular formula is C16H25ClN2O2. The van der Waals surface area contributed by atoms with Crippen molar-refractivity contribution in [2.75, 3.05) is 6.61 Å². The van der Waals surface area contributed by atoms with Crippen molar-refractivity contribution >= 4 is 17.5 Å². The highest BCUT2D eigenvalue weighted by Crippen LogP contribution is 2.23. The predicted octanol–water partition coefficient (Wildman–Crippen LogP) is 3.39. The van der Waals surface area contributed by atoms with Gasteiger partial charge in [-0.15, -0.1) is 0 Å². The van der Waals surface area contributed by atoms with E-state index in [-0.39, 0.29) is 29.9 Å². The van der Waals surface area contributed by atoms with Crippen LogP contribution in [-0.4, -0.2) is 28.6 Å². The van der Waals surface area contributed by atoms with Gasteiger partial charge >= 0.3 is 0 Å². The molecule has 0 spiro atoms. The Morgan fingerprint density at radius 2 is 2.00 bits per heavy atom. The molecule has 1 atom stereocenters. The maximum atomic E-state index is 12.4. The number of nitrogens with zero attached hydrogens (tertiary/aromatic N) is 1. The summed E-state index contributed by atoms with van der Waals surface area (Å²) in [6, 6.07) is 3.23. The predicted molar refractivity (Wildman–Crippen MR) is 85.7 cm³/mol. The third-order valence-corrected chi connectivity index (χ3v) is 3.63. The average Bonchev–Trinajstić information content (AvgIpc) is 2.36. The Morgan fingerprint density at radius 1 is 1.38 bits per heavy atom. The molecule has 4 nitrogen and oxygen atoms in total. The highest BCUT2D eigenvalue weighted by Gasteiger charge is 2.26. The summed E-state index contributed by atoms with van der Waals surface area (Å²) in [5, 5.41) is 12.5. The first-order valence-corrected chi connectivity index (χ1v) is 7.62. The van der Waals surface area contributed by atoms with Crippen LogP contribution in [0.3, 0.4) is 0 Å². The van der Waals surface area contributed by atoms with Gasteiger partial charge in [0.15, 0.2) is 0 Å². The number of carbonyl (C=O) groups is 1. The van der Waals surface area contributed by atoms with Gasteiger partial charge in [0, 0.05) is 23.9 Å². The van der Waals surface area contributed by atoms with E-state index >= 15 is 0 Å². The molecule has 1 amide bonds. The van der Waals surface area contributed by atoms with E-state index in [2.05, 4.69) is 10.3 Å². The fourth-order valence-electron chi connectivity index (χ4n) is 2.04. The molecule has 0 fully saturated rings. The average molecular weight is 313 g/mol. The first-order chi connectivity index (χ1) is 9.65. The molecule has 0 aliphatic heterocycles. The fraction of sp³-hybridized carbons (Fsp3) is 0.625. The molecule has 1 rings (SSSR count). The monoisotopic (exact) mass is 312 g/mol. The van der Waals surface area contributed by atoms with Crippen LogP contribution in [0.15, 0.2) is 12.1 Å². The lowest BCUT2D eigenvalue weighted by Crippen LogP contribution is -2.44. The topological polar surface area (TPSA) is 62.2 Å². The van der Waals surface area contributed by atoms with Gasteiger partial charge in [-0.3, -0.25) is 4.79 Å². The summed E-state index contributed by atoms with van der Waals surface area (Å²) in [6.07, 6.45) is 0.519. The molecule has 0 aliphatic carbocycles. The maximum absolute atomic E-state index is 12.4. The van der Waals surface area contributed by atoms with E-state index in [4.69, 9.17) is 16.7 Å². The number of hydrogen-bond acceptors (Lipinski definition) is 3. The van der Waals surface area contributed by atoms with Crippen LogP contribution in [0.1, 0.15) is 63.0 Å². The molecule has 0 bridgehead atoms. The zero-order valence-electron chi connectivity index (χ0n) is 13.4. The first kappa shape index (κ1) is 17.9. The molecule has 0 aromatic carbocycles. The summed E-state index contributed by atoms with van der Waals surface area (Å²) in [5.74, 6) is 0.0145. The van der Waals surface area contributed by atoms with Gasteiger partial charge in [-0.05, 0) is 29.9 Å². The number of rotatable bonds is 5. The van der Waals surface area contributed by atoms with Crippen LogP contribution in [0.25, 0.3) is 0 Å². The summed E-state index contributed by atoms with van der Waals surface area (Å²) in [5.41, 5.74) is 1.17. The van der Waals surface area contributed by atoms with E-state index in [0.717, 1.165) is 5.69 Å². The van der Waals surface area contributed by atoms with Gasteiger partial charge < -0.3 is 10.4 Å². The molecule has 118 valence electrons. The van der Waals surface area contributed by atoms with Gasteiger partial charge in [0.05, 0.1) is 0 Å². The van der Waals surface area contributed by atoms with Crippen LogP contribution in [0.4, 0.5) is 0 Å². The SMILES string of the molecule is CC(C)c1cc(C(=O)NC(CCO)C(C)(C)C)cc(Cl)n1. The second kappa shape index (κ2) is 7.23. The fourth-order valence-corrected chi connectivity index (χ4v) is 2.25. The smallest absolute Gasteiger partial charge is 0.251 e. The third-order valence-electron chi connectivity index (χ3n) is 3.44. The molecule has 0 saturated carbocycles. The van der Waals surface area contributed by atoms with Crippen LogP contribution < -0.4 is 5.32 Å². The number of carbonyl (C=O) groups excluding carboxylic acids is 1. The van der Waals surface area contributed by atoms with Gasteiger partial charge in [-0.25, -0.2) is 4.98 Å². The van der Waals surface area contributed by atoms with E-state index in [1.807, 2.05) is 34.6 Å². The van der Waals surface area contributed by atoms with E-state index in [1.54, 1.807) is 12.1 Å². The molecule has 21 heavy (non-hydrogen) atoms. The zero-order chi connectivity index (χ0) is 16.2. The number of hydrogen-bond donors (Lipinski definition) is 2. The number of aromatic nitrogens is 1. The number of amides is 1. The Bertz CT molecular complexity index is 496. The minimum atomic E-state index is -0.186. The van der Waals surface area contributed by atoms with Crippen LogP contribution >= 0.6 is 11.6 Å². The number of pyridine rings is 1. The van der Waals surface area contributed by atoms with Crippen molar-refractivity contribution in [2.24, 2.45) is 5.41 Å². The highest BCUT2D eigenvalue weighted by molar-refractivity contribution is 6.29. The standard InChI is InChI=1S/C16H25ClN2O2/c1-10(2)12-8-11(9-14(17)18-12)15(21)19-13(6-7-20)16(3,4)5/h8-10,13,20H,6-7H2,1-5H3,(H,19,21). The third kappa shape index (κ3) is 5.29. The van der Waals surface area contributed by atoms with Gasteiger partial charge in [-0.2, -0.15) is 0 Å². The lowest BCUT2D eigenvalue weighted by molar-refractivity contribution is 0.0885. The Morgan fingerprint density at radius 3 is 2.48 bits per heavy atom. The van der Waals surface area contributed by atoms with Crippen molar-refractivity contribution in [3.8, 4) is 0 Å². The van der Waals surface area contributed by atoms with E-state index in [1.165, 1.54) is 0 Å². The molecule has 1 aromatic heterocycles. The molecule has 5 heteroatoms. The van der Waals surface area contributed by atoms with E-state index < -0.39 is 0 Å². The summed E-state index contributed by atoms with van der Waals surface area (Å²) in [6.45, 7) is 10.1. The van der Waals surface area contributed by atoms with E-state index in [9.17, 15) is 4.79 Å². The minimum Gasteiger partial charge on any atom is -0.396 e. The van der Waals surface area contributed by atoms with Gasteiger partial charge in [-0.1, -0.05) is 46.2 Å². The van der Waals surface area contributed by atoms with E-state index in [0.29, 0.717) is 17.1 Å². The van der Waals surface area contributed by atoms with Crippen molar-refractivity contribution in [3.63, 3.8) is 0 Å². The Labute approximate surface area is 131 Å². The summed E-state index contributed by atoms with van der Waals surface area (Å²) in [4.78, 5) is 16.6. The summed E-state index contributed by atoms with van der Waals surface area (Å²) in [7, 11) is 0. The number of nitrogens with one attached hydrogen (secondary N) is 1. The number of aliphatic hydroxyl groups excluding tert-OH is 1. The molecule has 2 N–H and O–H groups in total. The van der Waals surface area contributed by atoms with Gasteiger partial charge in [0.1, 0.15) is 5.15 Å². The van der Waals surface area contributed by atoms with Crippen LogP contribution in [0.5, 0.6) is 0 Å². The largest absolute Gasteiger partial charge is 0.396 e. The van der Waals surface area contributed by atoms with Crippen molar-refractivity contribution in [2.45, 2.75) is 53.0 Å². The quantitative estimate of drug-likeness (QED) is 0.819. The lowest BCUT2D eigenvalue weighted by Gasteiger charge is -2.31. The van der Waals surface area contributed by atoms with Gasteiger partial charge in [0.25, 0.3) is 5.91 Å². The van der Waals surface area contributed by atoms with Crippen LogP contribution in [0.2, 0.25) is 5.15 Å². The minimum absolute atomic E-state index is 0.0383. The van der Waals surface area contributed by atoms with Gasteiger partial charge in [0.2, 0.25) is 0 Å². The van der Waals surface area contributed by atoms with Crippen LogP contribution in [0, 0.1) is 5.41 Å². The Hall–Kier alpha value is -1.13. The Balaban J connectivity index is 2.97. The molecule has 1 unspecified atom stereocenters. The molecular weight excluding hydrogens is 288 g/mol. The molecule has 1 heterocycles. The second-order valence-corrected chi connectivity index (χ2v) is 7.05. The number of aliphatic hydroxyl groups is 1. The second-order valence-electron chi connectivity index (χ2n) is 6.66. The van der Waals surface area contributed by atoms with Crippen molar-refractivity contribution < 1.29 is 9.90 Å². The zero-order valence-corrected chi connectivity index (χ0v) is 14.2. The molecule has 0 aliphatic rings. The summed E-state index contributed by atoms with van der Waals surface area (Å²) >= 11 is 5.99. The number of halogens is 1. The highest BCUT2D eigenvalue weighted by atomic mass is 35.5. The first-order valence-electron chi connectivity index (χ1n) is 7.24. The lowest BCUT2D eigenvalue weighted by atomic mass is 9.84. The Kier molecular flexibility index (Phi) is 6.17. The van der Waals surface area contributed by atoms with Crippen molar-refractivity contribution in [1.82, 2.24) is 10.3 Å². The molecule has 0 saturated heterocycles. The molecule has 0 radical (unpaired) electrons. The summed E-state index contributed by atoms with van der Waals surface area (Å²) < 4.78 is 0. The van der Waals surface area contributed by atoms with Crippen molar-refractivity contribution in [1.29, 1.82) is 0 Å². The molecule has 1 aromatic rings. The maximum Gasteiger partial charge on any atom is 0.251 e. The normalized spacial score (nSPS) is 13.3. The van der Waals surface area contributed by atoms with Crippen molar-refractivity contribution in [3.05, 3.63) is 28.5 Å². The van der Waals surface area contributed by atoms with Crippen LogP contribution in [-0.2, 0) is 0 Å².